The van der Waals surface area contributed by atoms with Crippen molar-refractivity contribution in [3.8, 4) is 0 Å². The van der Waals surface area contributed by atoms with Crippen LogP contribution in [0.15, 0.2) is 36.4 Å². The molecular weight excluding hydrogens is 291 g/mol. The van der Waals surface area contributed by atoms with Crippen LogP contribution in [-0.4, -0.2) is 6.54 Å². The van der Waals surface area contributed by atoms with Gasteiger partial charge in [0.15, 0.2) is 0 Å². The Morgan fingerprint density at radius 3 is 2.75 bits per heavy atom. The fourth-order valence-electron chi connectivity index (χ4n) is 2.69. The summed E-state index contributed by atoms with van der Waals surface area (Å²) in [4.78, 5) is 2.34. The van der Waals surface area contributed by atoms with Gasteiger partial charge in [0.2, 0.25) is 0 Å². The van der Waals surface area contributed by atoms with Crippen molar-refractivity contribution in [2.75, 3.05) is 17.2 Å². The fourth-order valence-corrected chi connectivity index (χ4v) is 3.16. The summed E-state index contributed by atoms with van der Waals surface area (Å²) in [6.07, 6.45) is 2.27. The predicted molar refractivity (Wildman–Crippen MR) is 86.7 cm³/mol. The van der Waals surface area contributed by atoms with E-state index in [4.69, 9.17) is 28.9 Å². The molecule has 0 aliphatic carbocycles. The molecule has 2 aromatic carbocycles. The zero-order valence-electron chi connectivity index (χ0n) is 11.1. The summed E-state index contributed by atoms with van der Waals surface area (Å²) in [5.74, 6) is 0. The molecule has 0 unspecified atom stereocenters. The topological polar surface area (TPSA) is 29.3 Å². The first-order valence-electron chi connectivity index (χ1n) is 6.71. The third-order valence-electron chi connectivity index (χ3n) is 3.70. The summed E-state index contributed by atoms with van der Waals surface area (Å²) >= 11 is 12.2. The van der Waals surface area contributed by atoms with Gasteiger partial charge in [-0.15, -0.1) is 0 Å². The van der Waals surface area contributed by atoms with Gasteiger partial charge in [0.25, 0.3) is 0 Å². The number of aryl methyl sites for hydroxylation is 1. The number of hydrogen-bond donors (Lipinski definition) is 1. The first kappa shape index (κ1) is 13.6. The lowest BCUT2D eigenvalue weighted by Gasteiger charge is -2.32. The van der Waals surface area contributed by atoms with Crippen LogP contribution in [0.5, 0.6) is 0 Å². The van der Waals surface area contributed by atoms with Crippen molar-refractivity contribution >= 4 is 34.6 Å². The van der Waals surface area contributed by atoms with Gasteiger partial charge < -0.3 is 10.6 Å². The van der Waals surface area contributed by atoms with E-state index >= 15 is 0 Å². The number of benzene rings is 2. The molecule has 0 saturated carbocycles. The molecule has 20 heavy (non-hydrogen) atoms. The average molecular weight is 307 g/mol. The van der Waals surface area contributed by atoms with Crippen molar-refractivity contribution in [1.82, 2.24) is 0 Å². The van der Waals surface area contributed by atoms with Crippen molar-refractivity contribution in [2.45, 2.75) is 19.4 Å². The number of nitrogens with zero attached hydrogens (tertiary/aromatic N) is 1. The highest BCUT2D eigenvalue weighted by Crippen LogP contribution is 2.31. The highest BCUT2D eigenvalue weighted by Gasteiger charge is 2.18. The molecule has 104 valence electrons. The van der Waals surface area contributed by atoms with Gasteiger partial charge >= 0.3 is 0 Å². The SMILES string of the molecule is Nc1ccc2c(c1)N(Cc1ccc(Cl)cc1Cl)CCC2. The van der Waals surface area contributed by atoms with Gasteiger partial charge in [-0.25, -0.2) is 0 Å². The number of rotatable bonds is 2. The second-order valence-corrected chi connectivity index (χ2v) is 5.99. The van der Waals surface area contributed by atoms with Gasteiger partial charge in [-0.05, 0) is 48.2 Å². The molecule has 0 bridgehead atoms. The lowest BCUT2D eigenvalue weighted by molar-refractivity contribution is 0.691. The van der Waals surface area contributed by atoms with Crippen LogP contribution in [0.2, 0.25) is 10.0 Å². The van der Waals surface area contributed by atoms with Gasteiger partial charge in [-0.2, -0.15) is 0 Å². The monoisotopic (exact) mass is 306 g/mol. The molecule has 0 spiro atoms. The second kappa shape index (κ2) is 5.55. The molecule has 0 aromatic heterocycles. The Balaban J connectivity index is 1.91. The van der Waals surface area contributed by atoms with E-state index in [2.05, 4.69) is 17.0 Å². The van der Waals surface area contributed by atoms with Crippen LogP contribution in [-0.2, 0) is 13.0 Å². The maximum atomic E-state index is 6.27. The summed E-state index contributed by atoms with van der Waals surface area (Å²) in [6.45, 7) is 1.81. The molecule has 0 fully saturated rings. The molecule has 2 nitrogen and oxygen atoms in total. The van der Waals surface area contributed by atoms with Crippen LogP contribution in [0.3, 0.4) is 0 Å². The smallest absolute Gasteiger partial charge is 0.0470 e. The van der Waals surface area contributed by atoms with E-state index in [0.717, 1.165) is 37.2 Å². The fraction of sp³-hybridized carbons (Fsp3) is 0.250. The normalized spacial score (nSPS) is 14.2. The Kier molecular flexibility index (Phi) is 3.77. The van der Waals surface area contributed by atoms with Crippen molar-refractivity contribution in [3.63, 3.8) is 0 Å². The molecule has 0 atom stereocenters. The van der Waals surface area contributed by atoms with E-state index in [1.54, 1.807) is 6.07 Å². The highest BCUT2D eigenvalue weighted by molar-refractivity contribution is 6.35. The van der Waals surface area contributed by atoms with Crippen LogP contribution >= 0.6 is 23.2 Å². The number of halogens is 2. The summed E-state index contributed by atoms with van der Waals surface area (Å²) in [6, 6.07) is 11.8. The van der Waals surface area contributed by atoms with Crippen molar-refractivity contribution in [3.05, 3.63) is 57.6 Å². The van der Waals surface area contributed by atoms with Crippen LogP contribution in [0.4, 0.5) is 11.4 Å². The van der Waals surface area contributed by atoms with Crippen LogP contribution < -0.4 is 10.6 Å². The van der Waals surface area contributed by atoms with E-state index < -0.39 is 0 Å². The minimum Gasteiger partial charge on any atom is -0.399 e. The Bertz CT molecular complexity index is 640. The van der Waals surface area contributed by atoms with E-state index in [-0.39, 0.29) is 0 Å². The molecule has 3 rings (SSSR count). The van der Waals surface area contributed by atoms with Crippen LogP contribution in [0.25, 0.3) is 0 Å². The molecule has 0 amide bonds. The lowest BCUT2D eigenvalue weighted by atomic mass is 10.0. The van der Waals surface area contributed by atoms with Crippen molar-refractivity contribution < 1.29 is 0 Å². The number of hydrogen-bond acceptors (Lipinski definition) is 2. The van der Waals surface area contributed by atoms with Crippen LogP contribution in [0, 0.1) is 0 Å². The Hall–Kier alpha value is -1.38. The number of fused-ring (bicyclic) bond motifs is 1. The van der Waals surface area contributed by atoms with E-state index in [1.807, 2.05) is 18.2 Å². The minimum atomic E-state index is 0.669. The largest absolute Gasteiger partial charge is 0.399 e. The molecule has 1 aliphatic heterocycles. The Morgan fingerprint density at radius 1 is 1.10 bits per heavy atom. The van der Waals surface area contributed by atoms with E-state index in [0.29, 0.717) is 10.0 Å². The summed E-state index contributed by atoms with van der Waals surface area (Å²) in [7, 11) is 0. The molecular formula is C16H16Cl2N2. The third kappa shape index (κ3) is 2.72. The molecule has 1 heterocycles. The van der Waals surface area contributed by atoms with E-state index in [9.17, 15) is 0 Å². The first-order chi connectivity index (χ1) is 9.63. The average Bonchev–Trinajstić information content (AvgIpc) is 2.42. The molecule has 4 heteroatoms. The lowest BCUT2D eigenvalue weighted by Crippen LogP contribution is -2.29. The second-order valence-electron chi connectivity index (χ2n) is 5.15. The van der Waals surface area contributed by atoms with Crippen LogP contribution in [0.1, 0.15) is 17.5 Å². The molecule has 2 aromatic rings. The first-order valence-corrected chi connectivity index (χ1v) is 7.46. The van der Waals surface area contributed by atoms with Gasteiger partial charge in [0, 0.05) is 34.5 Å². The predicted octanol–water partition coefficient (Wildman–Crippen LogP) is 4.53. The summed E-state index contributed by atoms with van der Waals surface area (Å²) < 4.78 is 0. The number of nitrogen functional groups attached to an aromatic ring is 1. The number of anilines is 2. The van der Waals surface area contributed by atoms with Crippen molar-refractivity contribution in [1.29, 1.82) is 0 Å². The number of nitrogens with two attached hydrogens (primary N) is 1. The summed E-state index contributed by atoms with van der Waals surface area (Å²) in [5.41, 5.74) is 10.4. The molecule has 1 aliphatic rings. The molecule has 2 N–H and O–H groups in total. The third-order valence-corrected chi connectivity index (χ3v) is 4.29. The maximum Gasteiger partial charge on any atom is 0.0470 e. The standard InChI is InChI=1S/C16H16Cl2N2/c17-13-5-3-12(15(18)8-13)10-20-7-1-2-11-4-6-14(19)9-16(11)20/h3-6,8-9H,1-2,7,10,19H2. The molecule has 0 saturated heterocycles. The zero-order valence-corrected chi connectivity index (χ0v) is 12.6. The quantitative estimate of drug-likeness (QED) is 0.826. The van der Waals surface area contributed by atoms with Gasteiger partial charge in [-0.3, -0.25) is 0 Å². The van der Waals surface area contributed by atoms with Crippen molar-refractivity contribution in [2.24, 2.45) is 0 Å². The molecule has 0 radical (unpaired) electrons. The Morgan fingerprint density at radius 2 is 1.95 bits per heavy atom. The Labute approximate surface area is 129 Å². The minimum absolute atomic E-state index is 0.669. The maximum absolute atomic E-state index is 6.27. The summed E-state index contributed by atoms with van der Waals surface area (Å²) in [5, 5.41) is 1.38. The van der Waals surface area contributed by atoms with Gasteiger partial charge in [-0.1, -0.05) is 35.3 Å². The zero-order chi connectivity index (χ0) is 14.1. The highest BCUT2D eigenvalue weighted by atomic mass is 35.5. The van der Waals surface area contributed by atoms with Gasteiger partial charge in [0.1, 0.15) is 0 Å². The van der Waals surface area contributed by atoms with E-state index in [1.165, 1.54) is 11.3 Å². The van der Waals surface area contributed by atoms with Gasteiger partial charge in [0.05, 0.1) is 0 Å².